The molecule has 0 unspecified atom stereocenters. The Balaban J connectivity index is 2.35. The van der Waals surface area contributed by atoms with Crippen LogP contribution in [0.4, 0.5) is 11.9 Å². The van der Waals surface area contributed by atoms with E-state index in [4.69, 9.17) is 0 Å². The molecular formula is C15H21N5S. The van der Waals surface area contributed by atoms with Crippen LogP contribution in [0.15, 0.2) is 34.3 Å². The molecule has 1 N–H and O–H groups in total. The number of hydrogen-bond donors (Lipinski definition) is 1. The zero-order chi connectivity index (χ0) is 15.2. The second kappa shape index (κ2) is 7.26. The van der Waals surface area contributed by atoms with Crippen LogP contribution in [-0.2, 0) is 0 Å². The molecule has 0 aliphatic heterocycles. The highest BCUT2D eigenvalue weighted by Gasteiger charge is 2.12. The maximum Gasteiger partial charge on any atom is 0.231 e. The molecule has 0 fully saturated rings. The Morgan fingerprint density at radius 3 is 2.43 bits per heavy atom. The fourth-order valence-corrected chi connectivity index (χ4v) is 2.75. The predicted molar refractivity (Wildman–Crippen MR) is 88.2 cm³/mol. The second-order valence-corrected chi connectivity index (χ2v) is 5.54. The van der Waals surface area contributed by atoms with E-state index in [1.807, 2.05) is 19.2 Å². The minimum atomic E-state index is 0.600. The van der Waals surface area contributed by atoms with Crippen molar-refractivity contribution in [3.8, 4) is 0 Å². The maximum atomic E-state index is 4.59. The van der Waals surface area contributed by atoms with Crippen molar-refractivity contribution < 1.29 is 0 Å². The van der Waals surface area contributed by atoms with Crippen molar-refractivity contribution in [2.75, 3.05) is 30.4 Å². The minimum Gasteiger partial charge on any atom is -0.357 e. The molecule has 1 heterocycles. The predicted octanol–water partition coefficient (Wildman–Crippen LogP) is 3.22. The number of aryl methyl sites for hydroxylation is 1. The molecule has 0 spiro atoms. The first-order chi connectivity index (χ1) is 10.2. The van der Waals surface area contributed by atoms with Crippen molar-refractivity contribution >= 4 is 23.7 Å². The molecule has 0 saturated heterocycles. The van der Waals surface area contributed by atoms with E-state index in [-0.39, 0.29) is 0 Å². The Labute approximate surface area is 130 Å². The number of anilines is 2. The quantitative estimate of drug-likeness (QED) is 0.884. The highest BCUT2D eigenvalue weighted by molar-refractivity contribution is 7.99. The summed E-state index contributed by atoms with van der Waals surface area (Å²) in [5.41, 5.74) is 1.22. The van der Waals surface area contributed by atoms with Crippen molar-refractivity contribution in [3.63, 3.8) is 0 Å². The van der Waals surface area contributed by atoms with Gasteiger partial charge in [-0.3, -0.25) is 0 Å². The molecule has 112 valence electrons. The van der Waals surface area contributed by atoms with Gasteiger partial charge >= 0.3 is 0 Å². The molecule has 5 nitrogen and oxygen atoms in total. The minimum absolute atomic E-state index is 0.600. The van der Waals surface area contributed by atoms with E-state index in [9.17, 15) is 0 Å². The van der Waals surface area contributed by atoms with Gasteiger partial charge in [-0.15, -0.1) is 0 Å². The van der Waals surface area contributed by atoms with Gasteiger partial charge in [0.1, 0.15) is 0 Å². The van der Waals surface area contributed by atoms with Gasteiger partial charge in [0.15, 0.2) is 5.16 Å². The van der Waals surface area contributed by atoms with E-state index in [1.54, 1.807) is 11.8 Å². The summed E-state index contributed by atoms with van der Waals surface area (Å²) in [6.45, 7) is 8.03. The Kier molecular flexibility index (Phi) is 5.38. The normalized spacial score (nSPS) is 10.5. The summed E-state index contributed by atoms with van der Waals surface area (Å²) in [5.74, 6) is 1.32. The molecule has 0 bridgehead atoms. The molecule has 0 saturated carbocycles. The summed E-state index contributed by atoms with van der Waals surface area (Å²) in [5, 5.41) is 3.72. The van der Waals surface area contributed by atoms with Gasteiger partial charge in [-0.2, -0.15) is 15.0 Å². The number of aromatic nitrogens is 3. The molecule has 1 aromatic carbocycles. The lowest BCUT2D eigenvalue weighted by Gasteiger charge is -2.19. The zero-order valence-electron chi connectivity index (χ0n) is 12.9. The van der Waals surface area contributed by atoms with Crippen molar-refractivity contribution in [2.45, 2.75) is 30.8 Å². The number of rotatable bonds is 6. The standard InChI is InChI=1S/C15H21N5S/c1-5-20(6-2)14-17-13(16-4)18-15(19-14)21-12-10-8-7-9-11(12)3/h7-10H,5-6H2,1-4H3,(H,16,17,18,19). The fraction of sp³-hybridized carbons (Fsp3) is 0.400. The third-order valence-electron chi connectivity index (χ3n) is 3.17. The first-order valence-corrected chi connectivity index (χ1v) is 7.91. The Morgan fingerprint density at radius 2 is 1.81 bits per heavy atom. The molecule has 0 radical (unpaired) electrons. The van der Waals surface area contributed by atoms with Crippen LogP contribution in [0.25, 0.3) is 0 Å². The summed E-state index contributed by atoms with van der Waals surface area (Å²) >= 11 is 1.57. The van der Waals surface area contributed by atoms with Gasteiger partial charge in [-0.05, 0) is 44.2 Å². The van der Waals surface area contributed by atoms with Gasteiger partial charge in [0, 0.05) is 25.0 Å². The third kappa shape index (κ3) is 3.85. The first-order valence-electron chi connectivity index (χ1n) is 7.10. The van der Waals surface area contributed by atoms with Crippen LogP contribution in [-0.4, -0.2) is 35.1 Å². The molecule has 6 heteroatoms. The molecule has 0 atom stereocenters. The summed E-state index contributed by atoms with van der Waals surface area (Å²) in [4.78, 5) is 16.7. The largest absolute Gasteiger partial charge is 0.357 e. The van der Waals surface area contributed by atoms with Crippen molar-refractivity contribution in [3.05, 3.63) is 29.8 Å². The average molecular weight is 303 g/mol. The lowest BCUT2D eigenvalue weighted by atomic mass is 10.2. The average Bonchev–Trinajstić information content (AvgIpc) is 2.50. The summed E-state index contributed by atoms with van der Waals surface area (Å²) in [7, 11) is 1.82. The van der Waals surface area contributed by atoms with E-state index in [1.165, 1.54) is 5.56 Å². The van der Waals surface area contributed by atoms with Crippen LogP contribution in [0.5, 0.6) is 0 Å². The lowest BCUT2D eigenvalue weighted by molar-refractivity contribution is 0.784. The van der Waals surface area contributed by atoms with E-state index >= 15 is 0 Å². The van der Waals surface area contributed by atoms with Gasteiger partial charge < -0.3 is 10.2 Å². The monoisotopic (exact) mass is 303 g/mol. The highest BCUT2D eigenvalue weighted by Crippen LogP contribution is 2.28. The molecule has 0 amide bonds. The van der Waals surface area contributed by atoms with Crippen LogP contribution in [0.3, 0.4) is 0 Å². The van der Waals surface area contributed by atoms with Crippen LogP contribution in [0.1, 0.15) is 19.4 Å². The van der Waals surface area contributed by atoms with E-state index in [0.717, 1.165) is 23.9 Å². The number of nitrogens with zero attached hydrogens (tertiary/aromatic N) is 4. The second-order valence-electron chi connectivity index (χ2n) is 4.53. The summed E-state index contributed by atoms with van der Waals surface area (Å²) in [6, 6.07) is 8.24. The lowest BCUT2D eigenvalue weighted by Crippen LogP contribution is -2.25. The molecular weight excluding hydrogens is 282 g/mol. The molecule has 0 aliphatic rings. The fourth-order valence-electron chi connectivity index (χ4n) is 1.92. The topological polar surface area (TPSA) is 53.9 Å². The van der Waals surface area contributed by atoms with E-state index in [0.29, 0.717) is 11.1 Å². The Hall–Kier alpha value is -1.82. The number of benzene rings is 1. The molecule has 2 aromatic rings. The first kappa shape index (κ1) is 15.6. The SMILES string of the molecule is CCN(CC)c1nc(NC)nc(Sc2ccccc2C)n1. The molecule has 21 heavy (non-hydrogen) atoms. The Bertz CT molecular complexity index is 598. The Morgan fingerprint density at radius 1 is 1.10 bits per heavy atom. The smallest absolute Gasteiger partial charge is 0.231 e. The van der Waals surface area contributed by atoms with Crippen LogP contribution < -0.4 is 10.2 Å². The summed E-state index contributed by atoms with van der Waals surface area (Å²) < 4.78 is 0. The maximum absolute atomic E-state index is 4.59. The van der Waals surface area contributed by atoms with E-state index < -0.39 is 0 Å². The van der Waals surface area contributed by atoms with Gasteiger partial charge in [0.25, 0.3) is 0 Å². The summed E-state index contributed by atoms with van der Waals surface area (Å²) in [6.07, 6.45) is 0. The highest BCUT2D eigenvalue weighted by atomic mass is 32.2. The van der Waals surface area contributed by atoms with Gasteiger partial charge in [0.05, 0.1) is 0 Å². The number of nitrogens with one attached hydrogen (secondary N) is 1. The van der Waals surface area contributed by atoms with Gasteiger partial charge in [-0.1, -0.05) is 18.2 Å². The zero-order valence-corrected chi connectivity index (χ0v) is 13.7. The molecule has 2 rings (SSSR count). The molecule has 1 aromatic heterocycles. The third-order valence-corrected chi connectivity index (χ3v) is 4.21. The van der Waals surface area contributed by atoms with Crippen LogP contribution >= 0.6 is 11.8 Å². The van der Waals surface area contributed by atoms with Crippen molar-refractivity contribution in [2.24, 2.45) is 0 Å². The number of hydrogen-bond acceptors (Lipinski definition) is 6. The van der Waals surface area contributed by atoms with E-state index in [2.05, 4.69) is 58.1 Å². The van der Waals surface area contributed by atoms with Gasteiger partial charge in [-0.25, -0.2) is 0 Å². The van der Waals surface area contributed by atoms with Crippen LogP contribution in [0, 0.1) is 6.92 Å². The molecule has 0 aliphatic carbocycles. The van der Waals surface area contributed by atoms with Gasteiger partial charge in [0.2, 0.25) is 11.9 Å². The van der Waals surface area contributed by atoms with Crippen LogP contribution in [0.2, 0.25) is 0 Å². The van der Waals surface area contributed by atoms with Crippen molar-refractivity contribution in [1.82, 2.24) is 15.0 Å². The van der Waals surface area contributed by atoms with Crippen molar-refractivity contribution in [1.29, 1.82) is 0 Å².